The molecule has 0 bridgehead atoms. The fourth-order valence-corrected chi connectivity index (χ4v) is 4.12. The summed E-state index contributed by atoms with van der Waals surface area (Å²) in [6.07, 6.45) is 10.9. The molecular formula is C23H22FN7. The van der Waals surface area contributed by atoms with Crippen molar-refractivity contribution in [2.45, 2.75) is 25.3 Å². The Kier molecular flexibility index (Phi) is 5.45. The Bertz CT molecular complexity index is 1130. The minimum Gasteiger partial charge on any atom is -0.298 e. The van der Waals surface area contributed by atoms with Crippen molar-refractivity contribution in [1.82, 2.24) is 34.6 Å². The van der Waals surface area contributed by atoms with Crippen molar-refractivity contribution >= 4 is 0 Å². The number of piperidine rings is 1. The summed E-state index contributed by atoms with van der Waals surface area (Å²) in [5.74, 6) is 0.561. The van der Waals surface area contributed by atoms with Crippen molar-refractivity contribution < 1.29 is 4.39 Å². The summed E-state index contributed by atoms with van der Waals surface area (Å²) in [7, 11) is 0. The van der Waals surface area contributed by atoms with Gasteiger partial charge in [0.15, 0.2) is 0 Å². The van der Waals surface area contributed by atoms with Crippen LogP contribution in [0.15, 0.2) is 67.5 Å². The highest BCUT2D eigenvalue weighted by molar-refractivity contribution is 5.60. The molecule has 156 valence electrons. The van der Waals surface area contributed by atoms with Gasteiger partial charge in [-0.1, -0.05) is 0 Å². The molecule has 8 heteroatoms. The van der Waals surface area contributed by atoms with Crippen LogP contribution in [0.3, 0.4) is 0 Å². The average molecular weight is 415 g/mol. The molecule has 1 saturated heterocycles. The average Bonchev–Trinajstić information content (AvgIpc) is 3.27. The zero-order chi connectivity index (χ0) is 21.0. The Hall–Kier alpha value is -3.52. The Morgan fingerprint density at radius 1 is 1.03 bits per heavy atom. The topological polar surface area (TPSA) is 72.6 Å². The normalized spacial score (nSPS) is 17.0. The third kappa shape index (κ3) is 4.34. The monoisotopic (exact) mass is 415 g/mol. The molecule has 1 unspecified atom stereocenters. The van der Waals surface area contributed by atoms with Crippen LogP contribution in [0.1, 0.15) is 30.0 Å². The van der Waals surface area contributed by atoms with E-state index in [4.69, 9.17) is 5.10 Å². The molecule has 1 aromatic carbocycles. The highest BCUT2D eigenvalue weighted by Gasteiger charge is 2.26. The van der Waals surface area contributed by atoms with Crippen LogP contribution in [0.4, 0.5) is 4.39 Å². The molecule has 31 heavy (non-hydrogen) atoms. The molecule has 0 aliphatic carbocycles. The molecule has 1 aliphatic heterocycles. The van der Waals surface area contributed by atoms with Crippen LogP contribution in [0, 0.1) is 5.82 Å². The molecule has 0 saturated carbocycles. The predicted octanol–water partition coefficient (Wildman–Crippen LogP) is 3.64. The quantitative estimate of drug-likeness (QED) is 0.496. The van der Waals surface area contributed by atoms with E-state index < -0.39 is 0 Å². The highest BCUT2D eigenvalue weighted by Crippen LogP contribution is 2.31. The van der Waals surface area contributed by atoms with Gasteiger partial charge in [0.25, 0.3) is 5.95 Å². The van der Waals surface area contributed by atoms with E-state index in [1.54, 1.807) is 36.9 Å². The molecular weight excluding hydrogens is 393 g/mol. The summed E-state index contributed by atoms with van der Waals surface area (Å²) in [6, 6.07) is 10.3. The van der Waals surface area contributed by atoms with Gasteiger partial charge >= 0.3 is 0 Å². The summed E-state index contributed by atoms with van der Waals surface area (Å²) in [4.78, 5) is 19.5. The van der Waals surface area contributed by atoms with Crippen LogP contribution >= 0.6 is 0 Å². The molecule has 0 N–H and O–H groups in total. The van der Waals surface area contributed by atoms with Crippen LogP contribution in [-0.2, 0) is 6.54 Å². The first kappa shape index (κ1) is 19.4. The molecule has 1 atom stereocenters. The van der Waals surface area contributed by atoms with Crippen LogP contribution in [0.2, 0.25) is 0 Å². The predicted molar refractivity (Wildman–Crippen MR) is 114 cm³/mol. The van der Waals surface area contributed by atoms with Gasteiger partial charge in [0, 0.05) is 54.9 Å². The number of nitrogens with zero attached hydrogens (tertiary/aromatic N) is 7. The minimum atomic E-state index is -0.261. The van der Waals surface area contributed by atoms with E-state index in [1.807, 2.05) is 17.1 Å². The second kappa shape index (κ2) is 8.69. The third-order valence-corrected chi connectivity index (χ3v) is 5.56. The lowest BCUT2D eigenvalue weighted by Gasteiger charge is -2.32. The molecule has 3 aromatic heterocycles. The van der Waals surface area contributed by atoms with Gasteiger partial charge in [-0.25, -0.2) is 29.0 Å². The first-order valence-corrected chi connectivity index (χ1v) is 10.4. The van der Waals surface area contributed by atoms with Gasteiger partial charge in [0.2, 0.25) is 0 Å². The third-order valence-electron chi connectivity index (χ3n) is 5.56. The largest absolute Gasteiger partial charge is 0.298 e. The molecule has 0 spiro atoms. The fourth-order valence-electron chi connectivity index (χ4n) is 4.12. The van der Waals surface area contributed by atoms with Crippen molar-refractivity contribution in [2.24, 2.45) is 0 Å². The maximum absolute atomic E-state index is 13.4. The zero-order valence-corrected chi connectivity index (χ0v) is 17.0. The van der Waals surface area contributed by atoms with Crippen LogP contribution in [0.25, 0.3) is 17.2 Å². The molecule has 1 aliphatic rings. The van der Waals surface area contributed by atoms with Gasteiger partial charge in [-0.2, -0.15) is 5.10 Å². The maximum atomic E-state index is 13.4. The summed E-state index contributed by atoms with van der Waals surface area (Å²) in [5, 5.41) is 4.80. The molecule has 0 radical (unpaired) electrons. The van der Waals surface area contributed by atoms with Gasteiger partial charge < -0.3 is 0 Å². The van der Waals surface area contributed by atoms with E-state index in [9.17, 15) is 4.39 Å². The van der Waals surface area contributed by atoms with Crippen molar-refractivity contribution in [1.29, 1.82) is 0 Å². The van der Waals surface area contributed by atoms with Gasteiger partial charge in [0.05, 0.1) is 11.4 Å². The molecule has 4 aromatic rings. The molecule has 1 fully saturated rings. The van der Waals surface area contributed by atoms with Crippen molar-refractivity contribution in [3.05, 3.63) is 84.6 Å². The Morgan fingerprint density at radius 3 is 2.58 bits per heavy atom. The lowest BCUT2D eigenvalue weighted by atomic mass is 9.93. The van der Waals surface area contributed by atoms with Crippen LogP contribution in [0.5, 0.6) is 0 Å². The van der Waals surface area contributed by atoms with E-state index in [0.717, 1.165) is 55.0 Å². The molecule has 7 nitrogen and oxygen atoms in total. The minimum absolute atomic E-state index is 0.261. The number of likely N-dealkylation sites (tertiary alicyclic amines) is 1. The standard InChI is InChI=1S/C23H22FN7/c24-20-6-4-18(5-7-20)21-11-22(31(29-21)23-27-8-2-9-28-23)19-3-1-10-30(15-19)14-17-12-25-16-26-13-17/h2,4-9,11-13,16,19H,1,3,10,14-15H2. The maximum Gasteiger partial charge on any atom is 0.250 e. The SMILES string of the molecule is Fc1ccc(-c2cc(C3CCCN(Cc4cncnc4)C3)n(-c3ncccn3)n2)cc1. The lowest BCUT2D eigenvalue weighted by molar-refractivity contribution is 0.197. The van der Waals surface area contributed by atoms with Gasteiger partial charge in [-0.05, 0) is 55.8 Å². The fraction of sp³-hybridized carbons (Fsp3) is 0.261. The number of rotatable bonds is 5. The molecule has 5 rings (SSSR count). The number of hydrogen-bond acceptors (Lipinski definition) is 6. The van der Waals surface area contributed by atoms with Gasteiger partial charge in [-0.3, -0.25) is 4.90 Å². The number of hydrogen-bond donors (Lipinski definition) is 0. The van der Waals surface area contributed by atoms with E-state index in [-0.39, 0.29) is 11.7 Å². The number of aromatic nitrogens is 6. The highest BCUT2D eigenvalue weighted by atomic mass is 19.1. The Balaban J connectivity index is 1.47. The molecule has 4 heterocycles. The summed E-state index contributed by atoms with van der Waals surface area (Å²) < 4.78 is 15.2. The van der Waals surface area contributed by atoms with Gasteiger partial charge in [0.1, 0.15) is 12.1 Å². The van der Waals surface area contributed by atoms with Gasteiger partial charge in [-0.15, -0.1) is 0 Å². The van der Waals surface area contributed by atoms with E-state index >= 15 is 0 Å². The van der Waals surface area contributed by atoms with Crippen molar-refractivity contribution in [3.8, 4) is 17.2 Å². The molecule has 0 amide bonds. The lowest BCUT2D eigenvalue weighted by Crippen LogP contribution is -2.34. The van der Waals surface area contributed by atoms with E-state index in [1.165, 1.54) is 12.1 Å². The smallest absolute Gasteiger partial charge is 0.250 e. The van der Waals surface area contributed by atoms with E-state index in [2.05, 4.69) is 30.9 Å². The second-order valence-corrected chi connectivity index (χ2v) is 7.74. The first-order chi connectivity index (χ1) is 15.3. The number of halogens is 1. The first-order valence-electron chi connectivity index (χ1n) is 10.4. The summed E-state index contributed by atoms with van der Waals surface area (Å²) in [5.41, 5.74) is 3.83. The summed E-state index contributed by atoms with van der Waals surface area (Å²) in [6.45, 7) is 2.75. The second-order valence-electron chi connectivity index (χ2n) is 7.74. The van der Waals surface area contributed by atoms with Crippen LogP contribution in [-0.4, -0.2) is 47.7 Å². The number of benzene rings is 1. The van der Waals surface area contributed by atoms with Crippen molar-refractivity contribution in [2.75, 3.05) is 13.1 Å². The van der Waals surface area contributed by atoms with Crippen molar-refractivity contribution in [3.63, 3.8) is 0 Å². The van der Waals surface area contributed by atoms with Crippen LogP contribution < -0.4 is 0 Å². The Labute approximate surface area is 179 Å². The summed E-state index contributed by atoms with van der Waals surface area (Å²) >= 11 is 0. The zero-order valence-electron chi connectivity index (χ0n) is 17.0. The van der Waals surface area contributed by atoms with E-state index in [0.29, 0.717) is 5.95 Å². The Morgan fingerprint density at radius 2 is 1.81 bits per heavy atom.